The topological polar surface area (TPSA) is 171 Å². The first-order valence-electron chi connectivity index (χ1n) is 10.7. The van der Waals surface area contributed by atoms with Crippen LogP contribution in [0.4, 0.5) is 0 Å². The molecule has 0 heterocycles. The summed E-state index contributed by atoms with van der Waals surface area (Å²) in [5.41, 5.74) is 6.56. The molecular formula is C22H34N4O6S. The molecule has 33 heavy (non-hydrogen) atoms. The van der Waals surface area contributed by atoms with Crippen molar-refractivity contribution in [2.75, 3.05) is 18.6 Å². The fourth-order valence-corrected chi connectivity index (χ4v) is 3.48. The van der Waals surface area contributed by atoms with Gasteiger partial charge in [0.15, 0.2) is 0 Å². The molecule has 0 radical (unpaired) electrons. The van der Waals surface area contributed by atoms with Crippen molar-refractivity contribution in [3.63, 3.8) is 0 Å². The Balaban J connectivity index is 2.99. The predicted octanol–water partition coefficient (Wildman–Crippen LogP) is 0.232. The molecule has 3 amide bonds. The van der Waals surface area contributed by atoms with Crippen LogP contribution in [0.15, 0.2) is 24.3 Å². The van der Waals surface area contributed by atoms with E-state index in [0.29, 0.717) is 24.2 Å². The lowest BCUT2D eigenvalue weighted by Gasteiger charge is -2.25. The number of aliphatic carboxylic acids is 1. The zero-order valence-corrected chi connectivity index (χ0v) is 20.0. The van der Waals surface area contributed by atoms with Gasteiger partial charge in [-0.3, -0.25) is 19.2 Å². The Hall–Kier alpha value is -2.79. The number of benzene rings is 1. The smallest absolute Gasteiger partial charge is 0.322 e. The fraction of sp³-hybridized carbons (Fsp3) is 0.545. The lowest BCUT2D eigenvalue weighted by Crippen LogP contribution is -2.56. The van der Waals surface area contributed by atoms with E-state index in [-0.39, 0.29) is 18.1 Å². The third-order valence-corrected chi connectivity index (χ3v) is 5.38. The van der Waals surface area contributed by atoms with Gasteiger partial charge >= 0.3 is 5.97 Å². The van der Waals surface area contributed by atoms with E-state index >= 15 is 0 Å². The molecular weight excluding hydrogens is 448 g/mol. The summed E-state index contributed by atoms with van der Waals surface area (Å²) in [5, 5.41) is 25.9. The second kappa shape index (κ2) is 14.4. The van der Waals surface area contributed by atoms with E-state index in [4.69, 9.17) is 10.8 Å². The van der Waals surface area contributed by atoms with E-state index in [0.717, 1.165) is 0 Å². The van der Waals surface area contributed by atoms with Crippen LogP contribution < -0.4 is 21.7 Å². The number of hydrogen-bond donors (Lipinski definition) is 6. The highest BCUT2D eigenvalue weighted by atomic mass is 32.2. The Morgan fingerprint density at radius 3 is 2.15 bits per heavy atom. The zero-order valence-electron chi connectivity index (χ0n) is 19.2. The fourth-order valence-electron chi connectivity index (χ4n) is 2.99. The van der Waals surface area contributed by atoms with Gasteiger partial charge in [0.2, 0.25) is 17.7 Å². The van der Waals surface area contributed by atoms with Crippen LogP contribution in [-0.2, 0) is 25.6 Å². The quantitative estimate of drug-likeness (QED) is 0.219. The number of aromatic hydroxyl groups is 1. The van der Waals surface area contributed by atoms with Crippen molar-refractivity contribution in [2.45, 2.75) is 51.2 Å². The van der Waals surface area contributed by atoms with Gasteiger partial charge in [-0.1, -0.05) is 26.0 Å². The third-order valence-electron chi connectivity index (χ3n) is 4.73. The number of carboxylic acid groups (broad SMARTS) is 1. The molecule has 0 aliphatic heterocycles. The normalized spacial score (nSPS) is 13.6. The van der Waals surface area contributed by atoms with Crippen molar-refractivity contribution in [3.8, 4) is 5.75 Å². The second-order valence-corrected chi connectivity index (χ2v) is 9.11. The van der Waals surface area contributed by atoms with Crippen LogP contribution >= 0.6 is 11.8 Å². The standard InChI is InChI=1S/C22H34N4O6S/c1-13(2)10-17(25-20(30)16(23)8-9-33-3)22(32)26-18(21(31)24-12-19(28)29)11-14-4-6-15(27)7-5-14/h4-7,13,16-18,27H,8-12,23H2,1-3H3,(H,24,31)(H,25,30)(H,26,32)(H,28,29). The molecule has 1 aromatic carbocycles. The molecule has 1 rings (SSSR count). The average Bonchev–Trinajstić information content (AvgIpc) is 2.75. The van der Waals surface area contributed by atoms with Crippen molar-refractivity contribution in [2.24, 2.45) is 11.7 Å². The van der Waals surface area contributed by atoms with Gasteiger partial charge < -0.3 is 31.9 Å². The van der Waals surface area contributed by atoms with Crippen molar-refractivity contribution in [1.29, 1.82) is 0 Å². The van der Waals surface area contributed by atoms with Crippen LogP contribution in [-0.4, -0.2) is 70.6 Å². The van der Waals surface area contributed by atoms with E-state index in [1.54, 1.807) is 23.9 Å². The van der Waals surface area contributed by atoms with Crippen molar-refractivity contribution in [3.05, 3.63) is 29.8 Å². The van der Waals surface area contributed by atoms with E-state index in [1.165, 1.54) is 12.1 Å². The van der Waals surface area contributed by atoms with Crippen molar-refractivity contribution >= 4 is 35.5 Å². The van der Waals surface area contributed by atoms with Gasteiger partial charge in [-0.25, -0.2) is 0 Å². The summed E-state index contributed by atoms with van der Waals surface area (Å²) in [7, 11) is 0. The number of nitrogens with two attached hydrogens (primary N) is 1. The van der Waals surface area contributed by atoms with Crippen LogP contribution in [0.3, 0.4) is 0 Å². The van der Waals surface area contributed by atoms with Crippen LogP contribution in [0, 0.1) is 5.92 Å². The van der Waals surface area contributed by atoms with Gasteiger partial charge in [0.1, 0.15) is 24.4 Å². The maximum absolute atomic E-state index is 13.0. The Morgan fingerprint density at radius 2 is 1.61 bits per heavy atom. The number of thioether (sulfide) groups is 1. The minimum Gasteiger partial charge on any atom is -0.508 e. The first-order valence-corrected chi connectivity index (χ1v) is 12.1. The van der Waals surface area contributed by atoms with E-state index < -0.39 is 48.4 Å². The van der Waals surface area contributed by atoms with Gasteiger partial charge in [0.25, 0.3) is 0 Å². The van der Waals surface area contributed by atoms with Crippen molar-refractivity contribution in [1.82, 2.24) is 16.0 Å². The number of carboxylic acids is 1. The van der Waals surface area contributed by atoms with Crippen LogP contribution in [0.2, 0.25) is 0 Å². The molecule has 7 N–H and O–H groups in total. The molecule has 0 bridgehead atoms. The zero-order chi connectivity index (χ0) is 25.0. The Labute approximate surface area is 198 Å². The van der Waals surface area contributed by atoms with E-state index in [2.05, 4.69) is 16.0 Å². The minimum atomic E-state index is -1.22. The first-order chi connectivity index (χ1) is 15.5. The third kappa shape index (κ3) is 11.1. The monoisotopic (exact) mass is 482 g/mol. The summed E-state index contributed by atoms with van der Waals surface area (Å²) < 4.78 is 0. The maximum atomic E-state index is 13.0. The van der Waals surface area contributed by atoms with Crippen molar-refractivity contribution < 1.29 is 29.4 Å². The summed E-state index contributed by atoms with van der Waals surface area (Å²) in [6.07, 6.45) is 2.76. The molecule has 0 spiro atoms. The number of phenols is 1. The Kier molecular flexibility index (Phi) is 12.3. The Morgan fingerprint density at radius 1 is 1.00 bits per heavy atom. The summed E-state index contributed by atoms with van der Waals surface area (Å²) in [6.45, 7) is 3.19. The lowest BCUT2D eigenvalue weighted by atomic mass is 10.0. The van der Waals surface area contributed by atoms with Crippen LogP contribution in [0.1, 0.15) is 32.3 Å². The molecule has 0 saturated carbocycles. The molecule has 3 atom stereocenters. The molecule has 0 aromatic heterocycles. The average molecular weight is 483 g/mol. The summed E-state index contributed by atoms with van der Waals surface area (Å²) >= 11 is 1.56. The van der Waals surface area contributed by atoms with Gasteiger partial charge in [-0.15, -0.1) is 0 Å². The summed E-state index contributed by atoms with van der Waals surface area (Å²) in [4.78, 5) is 49.0. The highest BCUT2D eigenvalue weighted by molar-refractivity contribution is 7.98. The molecule has 3 unspecified atom stereocenters. The highest BCUT2D eigenvalue weighted by Crippen LogP contribution is 2.12. The van der Waals surface area contributed by atoms with Gasteiger partial charge in [-0.2, -0.15) is 11.8 Å². The van der Waals surface area contributed by atoms with E-state index in [9.17, 15) is 24.3 Å². The molecule has 1 aromatic rings. The highest BCUT2D eigenvalue weighted by Gasteiger charge is 2.29. The maximum Gasteiger partial charge on any atom is 0.322 e. The van der Waals surface area contributed by atoms with Gasteiger partial charge in [0.05, 0.1) is 6.04 Å². The second-order valence-electron chi connectivity index (χ2n) is 8.12. The van der Waals surface area contributed by atoms with Crippen LogP contribution in [0.5, 0.6) is 5.75 Å². The summed E-state index contributed by atoms with van der Waals surface area (Å²) in [6, 6.07) is 3.33. The molecule has 0 saturated heterocycles. The van der Waals surface area contributed by atoms with Gasteiger partial charge in [0, 0.05) is 6.42 Å². The SMILES string of the molecule is CSCCC(N)C(=O)NC(CC(C)C)C(=O)NC(Cc1ccc(O)cc1)C(=O)NCC(=O)O. The van der Waals surface area contributed by atoms with E-state index in [1.807, 2.05) is 20.1 Å². The number of hydrogen-bond acceptors (Lipinski definition) is 7. The number of amides is 3. The molecule has 0 fully saturated rings. The summed E-state index contributed by atoms with van der Waals surface area (Å²) in [5.74, 6) is -2.09. The lowest BCUT2D eigenvalue weighted by molar-refractivity contribution is -0.138. The minimum absolute atomic E-state index is 0.0483. The number of rotatable bonds is 14. The molecule has 0 aliphatic rings. The van der Waals surface area contributed by atoms with Gasteiger partial charge in [-0.05, 0) is 48.5 Å². The number of carbonyl (C=O) groups excluding carboxylic acids is 3. The largest absolute Gasteiger partial charge is 0.508 e. The Bertz CT molecular complexity index is 803. The molecule has 11 heteroatoms. The molecule has 10 nitrogen and oxygen atoms in total. The molecule has 184 valence electrons. The molecule has 0 aliphatic carbocycles. The number of nitrogens with one attached hydrogen (secondary N) is 3. The van der Waals surface area contributed by atoms with Crippen LogP contribution in [0.25, 0.3) is 0 Å². The number of phenolic OH excluding ortho intramolecular Hbond substituents is 1. The first kappa shape index (κ1) is 28.2. The predicted molar refractivity (Wildman–Crippen MR) is 127 cm³/mol. The number of carbonyl (C=O) groups is 4.